The van der Waals surface area contributed by atoms with Gasteiger partial charge in [0.05, 0.1) is 0 Å². The molecule has 0 aliphatic carbocycles. The number of nitrogens with one attached hydrogen (secondary N) is 1. The van der Waals surface area contributed by atoms with E-state index in [1.807, 2.05) is 0 Å². The van der Waals surface area contributed by atoms with Gasteiger partial charge in [-0.2, -0.15) is 0 Å². The van der Waals surface area contributed by atoms with E-state index in [1.54, 1.807) is 0 Å². The van der Waals surface area contributed by atoms with Crippen molar-refractivity contribution in [1.82, 2.24) is 5.32 Å². The third-order valence-corrected chi connectivity index (χ3v) is 2.74. The Morgan fingerprint density at radius 3 is 1.80 bits per heavy atom. The van der Waals surface area contributed by atoms with E-state index in [1.165, 1.54) is 0 Å². The number of hydrogen-bond donors (Lipinski definition) is 2. The van der Waals surface area contributed by atoms with Crippen LogP contribution in [-0.2, 0) is 0 Å². The van der Waals surface area contributed by atoms with Crippen LogP contribution in [0.5, 0.6) is 0 Å². The summed E-state index contributed by atoms with van der Waals surface area (Å²) in [7, 11) is 0. The summed E-state index contributed by atoms with van der Waals surface area (Å²) in [5.74, 6) is 1.35. The molecule has 0 saturated heterocycles. The van der Waals surface area contributed by atoms with Crippen molar-refractivity contribution in [2.75, 3.05) is 13.2 Å². The number of aliphatic hydroxyl groups excluding tert-OH is 1. The van der Waals surface area contributed by atoms with Gasteiger partial charge in [0.2, 0.25) is 0 Å². The van der Waals surface area contributed by atoms with Crippen LogP contribution in [0.15, 0.2) is 0 Å². The van der Waals surface area contributed by atoms with E-state index >= 15 is 0 Å². The van der Waals surface area contributed by atoms with Gasteiger partial charge in [-0.05, 0) is 37.6 Å². The molecule has 2 heteroatoms. The first-order chi connectivity index (χ1) is 6.95. The Labute approximate surface area is 95.5 Å². The SMILES string of the molecule is CCNC(CCO)(CC(C)C)CC(C)C. The predicted octanol–water partition coefficient (Wildman–Crippen LogP) is 2.81. The lowest BCUT2D eigenvalue weighted by atomic mass is 9.79. The first kappa shape index (κ1) is 14.9. The van der Waals surface area contributed by atoms with Crippen molar-refractivity contribution in [2.24, 2.45) is 11.8 Å². The topological polar surface area (TPSA) is 32.3 Å². The molecule has 0 spiro atoms. The molecule has 92 valence electrons. The standard InChI is InChI=1S/C13H29NO/c1-6-14-13(7-8-15,9-11(2)3)10-12(4)5/h11-12,14-15H,6-10H2,1-5H3. The number of aliphatic hydroxyl groups is 1. The molecule has 0 rings (SSSR count). The third kappa shape index (κ3) is 6.16. The maximum absolute atomic E-state index is 9.21. The van der Waals surface area contributed by atoms with Crippen molar-refractivity contribution in [3.05, 3.63) is 0 Å². The highest BCUT2D eigenvalue weighted by molar-refractivity contribution is 4.89. The van der Waals surface area contributed by atoms with E-state index in [9.17, 15) is 5.11 Å². The zero-order valence-corrected chi connectivity index (χ0v) is 11.1. The molecule has 0 heterocycles. The van der Waals surface area contributed by atoms with Gasteiger partial charge in [0, 0.05) is 12.1 Å². The molecule has 0 aromatic heterocycles. The van der Waals surface area contributed by atoms with Gasteiger partial charge in [-0.25, -0.2) is 0 Å². The second kappa shape index (κ2) is 7.24. The molecule has 0 unspecified atom stereocenters. The zero-order valence-electron chi connectivity index (χ0n) is 11.1. The van der Waals surface area contributed by atoms with Crippen LogP contribution in [0, 0.1) is 11.8 Å². The van der Waals surface area contributed by atoms with Crippen molar-refractivity contribution in [3.8, 4) is 0 Å². The average Bonchev–Trinajstić information content (AvgIpc) is 2.01. The lowest BCUT2D eigenvalue weighted by Crippen LogP contribution is -2.48. The van der Waals surface area contributed by atoms with Gasteiger partial charge in [-0.3, -0.25) is 0 Å². The molecule has 0 atom stereocenters. The summed E-state index contributed by atoms with van der Waals surface area (Å²) in [6.45, 7) is 12.4. The van der Waals surface area contributed by atoms with Gasteiger partial charge in [-0.1, -0.05) is 34.6 Å². The van der Waals surface area contributed by atoms with Crippen LogP contribution in [0.4, 0.5) is 0 Å². The molecule has 0 bridgehead atoms. The van der Waals surface area contributed by atoms with Gasteiger partial charge in [-0.15, -0.1) is 0 Å². The van der Waals surface area contributed by atoms with Crippen LogP contribution in [-0.4, -0.2) is 23.8 Å². The van der Waals surface area contributed by atoms with Crippen LogP contribution in [0.1, 0.15) is 53.9 Å². The predicted molar refractivity (Wildman–Crippen MR) is 67.0 cm³/mol. The molecule has 0 aromatic rings. The largest absolute Gasteiger partial charge is 0.396 e. The van der Waals surface area contributed by atoms with Crippen LogP contribution >= 0.6 is 0 Å². The van der Waals surface area contributed by atoms with Gasteiger partial charge in [0.25, 0.3) is 0 Å². The van der Waals surface area contributed by atoms with E-state index in [4.69, 9.17) is 0 Å². The highest BCUT2D eigenvalue weighted by atomic mass is 16.3. The summed E-state index contributed by atoms with van der Waals surface area (Å²) in [6, 6.07) is 0. The van der Waals surface area contributed by atoms with Crippen LogP contribution < -0.4 is 5.32 Å². The molecule has 0 aliphatic rings. The molecule has 2 nitrogen and oxygen atoms in total. The van der Waals surface area contributed by atoms with E-state index in [-0.39, 0.29) is 12.1 Å². The molecule has 0 aliphatic heterocycles. The Morgan fingerprint density at radius 2 is 1.53 bits per heavy atom. The van der Waals surface area contributed by atoms with E-state index in [0.29, 0.717) is 11.8 Å². The lowest BCUT2D eigenvalue weighted by Gasteiger charge is -2.37. The Bertz CT molecular complexity index is 137. The van der Waals surface area contributed by atoms with Crippen LogP contribution in [0.25, 0.3) is 0 Å². The van der Waals surface area contributed by atoms with Gasteiger partial charge in [0.1, 0.15) is 0 Å². The van der Waals surface area contributed by atoms with E-state index in [0.717, 1.165) is 25.8 Å². The van der Waals surface area contributed by atoms with Crippen molar-refractivity contribution in [2.45, 2.75) is 59.4 Å². The van der Waals surface area contributed by atoms with Crippen molar-refractivity contribution >= 4 is 0 Å². The monoisotopic (exact) mass is 215 g/mol. The fraction of sp³-hybridized carbons (Fsp3) is 1.00. The van der Waals surface area contributed by atoms with Crippen molar-refractivity contribution < 1.29 is 5.11 Å². The van der Waals surface area contributed by atoms with E-state index < -0.39 is 0 Å². The smallest absolute Gasteiger partial charge is 0.0448 e. The molecule has 15 heavy (non-hydrogen) atoms. The molecule has 2 N–H and O–H groups in total. The molecule has 0 radical (unpaired) electrons. The highest BCUT2D eigenvalue weighted by Gasteiger charge is 2.29. The molecule has 0 amide bonds. The molecular weight excluding hydrogens is 186 g/mol. The summed E-state index contributed by atoms with van der Waals surface area (Å²) < 4.78 is 0. The van der Waals surface area contributed by atoms with Gasteiger partial charge < -0.3 is 10.4 Å². The van der Waals surface area contributed by atoms with Gasteiger partial charge in [0.15, 0.2) is 0 Å². The van der Waals surface area contributed by atoms with Crippen LogP contribution in [0.3, 0.4) is 0 Å². The minimum atomic E-state index is 0.145. The molecule has 0 aromatic carbocycles. The number of rotatable bonds is 8. The quantitative estimate of drug-likeness (QED) is 0.652. The molecule has 0 saturated carbocycles. The highest BCUT2D eigenvalue weighted by Crippen LogP contribution is 2.28. The average molecular weight is 215 g/mol. The first-order valence-corrected chi connectivity index (χ1v) is 6.31. The summed E-state index contributed by atoms with van der Waals surface area (Å²) in [5, 5.41) is 12.8. The Morgan fingerprint density at radius 1 is 1.07 bits per heavy atom. The first-order valence-electron chi connectivity index (χ1n) is 6.31. The maximum atomic E-state index is 9.21. The summed E-state index contributed by atoms with van der Waals surface area (Å²) >= 11 is 0. The van der Waals surface area contributed by atoms with Crippen molar-refractivity contribution in [3.63, 3.8) is 0 Å². The van der Waals surface area contributed by atoms with Crippen molar-refractivity contribution in [1.29, 1.82) is 0 Å². The normalized spacial score (nSPS) is 12.8. The molecule has 0 fully saturated rings. The van der Waals surface area contributed by atoms with Crippen LogP contribution in [0.2, 0.25) is 0 Å². The lowest BCUT2D eigenvalue weighted by molar-refractivity contribution is 0.162. The minimum Gasteiger partial charge on any atom is -0.396 e. The second-order valence-corrected chi connectivity index (χ2v) is 5.48. The summed E-state index contributed by atoms with van der Waals surface area (Å²) in [5.41, 5.74) is 0.145. The fourth-order valence-corrected chi connectivity index (χ4v) is 2.67. The fourth-order valence-electron chi connectivity index (χ4n) is 2.67. The van der Waals surface area contributed by atoms with Gasteiger partial charge >= 0.3 is 0 Å². The minimum absolute atomic E-state index is 0.145. The third-order valence-electron chi connectivity index (χ3n) is 2.74. The number of hydrogen-bond acceptors (Lipinski definition) is 2. The Kier molecular flexibility index (Phi) is 7.20. The van der Waals surface area contributed by atoms with E-state index in [2.05, 4.69) is 39.9 Å². The summed E-state index contributed by atoms with van der Waals surface area (Å²) in [6.07, 6.45) is 3.18. The summed E-state index contributed by atoms with van der Waals surface area (Å²) in [4.78, 5) is 0. The molecular formula is C13H29NO. The second-order valence-electron chi connectivity index (χ2n) is 5.48. The zero-order chi connectivity index (χ0) is 11.9. The Hall–Kier alpha value is -0.0800. The Balaban J connectivity index is 4.55. The maximum Gasteiger partial charge on any atom is 0.0448 e.